The van der Waals surface area contributed by atoms with Crippen molar-refractivity contribution in [1.82, 2.24) is 5.32 Å². The highest BCUT2D eigenvalue weighted by Gasteiger charge is 2.11. The van der Waals surface area contributed by atoms with E-state index in [1.165, 1.54) is 26.4 Å². The van der Waals surface area contributed by atoms with E-state index in [0.717, 1.165) is 6.42 Å². The van der Waals surface area contributed by atoms with Gasteiger partial charge in [0.1, 0.15) is 0 Å². The van der Waals surface area contributed by atoms with Gasteiger partial charge < -0.3 is 5.32 Å². The lowest BCUT2D eigenvalue weighted by atomic mass is 10.0. The molecule has 0 aliphatic rings. The van der Waals surface area contributed by atoms with E-state index in [9.17, 15) is 0 Å². The van der Waals surface area contributed by atoms with Gasteiger partial charge in [-0.15, -0.1) is 11.3 Å². The summed E-state index contributed by atoms with van der Waals surface area (Å²) in [4.78, 5) is 2.80. The van der Waals surface area contributed by atoms with Crippen LogP contribution in [0.25, 0.3) is 10.4 Å². The summed E-state index contributed by atoms with van der Waals surface area (Å²) in [5.41, 5.74) is 4.05. The monoisotopic (exact) mass is 259 g/mol. The van der Waals surface area contributed by atoms with Crippen LogP contribution in [0.4, 0.5) is 0 Å². The zero-order chi connectivity index (χ0) is 13.1. The molecule has 1 aromatic heterocycles. The molecule has 0 fully saturated rings. The number of hydrogen-bond acceptors (Lipinski definition) is 2. The van der Waals surface area contributed by atoms with Crippen molar-refractivity contribution in [3.8, 4) is 10.4 Å². The maximum Gasteiger partial charge on any atom is 0.0409 e. The lowest BCUT2D eigenvalue weighted by molar-refractivity contribution is 0.586. The fourth-order valence-electron chi connectivity index (χ4n) is 2.23. The molecule has 0 amide bonds. The first-order chi connectivity index (χ1) is 8.65. The van der Waals surface area contributed by atoms with Crippen LogP contribution in [-0.2, 0) is 0 Å². The minimum absolute atomic E-state index is 0.480. The molecular weight excluding hydrogens is 238 g/mol. The number of rotatable bonds is 4. The third-order valence-electron chi connectivity index (χ3n) is 3.39. The Morgan fingerprint density at radius 3 is 2.61 bits per heavy atom. The molecule has 0 saturated heterocycles. The highest BCUT2D eigenvalue weighted by Crippen LogP contribution is 2.34. The molecule has 1 unspecified atom stereocenters. The first kappa shape index (κ1) is 13.3. The van der Waals surface area contributed by atoms with Crippen LogP contribution in [0.3, 0.4) is 0 Å². The predicted octanol–water partition coefficient (Wildman–Crippen LogP) is 4.70. The summed E-state index contributed by atoms with van der Waals surface area (Å²) in [5, 5.41) is 3.37. The summed E-state index contributed by atoms with van der Waals surface area (Å²) in [6, 6.07) is 11.7. The molecule has 0 radical (unpaired) electrons. The van der Waals surface area contributed by atoms with Crippen LogP contribution in [0.2, 0.25) is 0 Å². The van der Waals surface area contributed by atoms with Gasteiger partial charge in [-0.3, -0.25) is 0 Å². The summed E-state index contributed by atoms with van der Waals surface area (Å²) < 4.78 is 0. The molecule has 96 valence electrons. The van der Waals surface area contributed by atoms with Gasteiger partial charge in [-0.1, -0.05) is 30.7 Å². The fraction of sp³-hybridized carbons (Fsp3) is 0.375. The Kier molecular flexibility index (Phi) is 4.20. The SMILES string of the molecule is CCC(NC)c1ccc(-c2cc(C)ccc2C)s1. The topological polar surface area (TPSA) is 12.0 Å². The zero-order valence-corrected chi connectivity index (χ0v) is 12.4. The second-order valence-corrected chi connectivity index (χ2v) is 5.89. The van der Waals surface area contributed by atoms with Gasteiger partial charge in [0.2, 0.25) is 0 Å². The van der Waals surface area contributed by atoms with Crippen molar-refractivity contribution < 1.29 is 0 Å². The van der Waals surface area contributed by atoms with Crippen molar-refractivity contribution in [2.45, 2.75) is 33.2 Å². The van der Waals surface area contributed by atoms with E-state index < -0.39 is 0 Å². The Balaban J connectivity index is 2.37. The quantitative estimate of drug-likeness (QED) is 0.839. The molecular formula is C16H21NS. The van der Waals surface area contributed by atoms with Gasteiger partial charge >= 0.3 is 0 Å². The van der Waals surface area contributed by atoms with E-state index in [-0.39, 0.29) is 0 Å². The van der Waals surface area contributed by atoms with E-state index in [2.05, 4.69) is 56.4 Å². The van der Waals surface area contributed by atoms with E-state index in [1.807, 2.05) is 18.4 Å². The third kappa shape index (κ3) is 2.65. The molecule has 0 spiro atoms. The Morgan fingerprint density at radius 1 is 1.17 bits per heavy atom. The van der Waals surface area contributed by atoms with Crippen LogP contribution >= 0.6 is 11.3 Å². The zero-order valence-electron chi connectivity index (χ0n) is 11.6. The standard InChI is InChI=1S/C16H21NS/c1-5-14(17-4)16-9-8-15(18-16)13-10-11(2)6-7-12(13)3/h6-10,14,17H,5H2,1-4H3. The Labute approximate surface area is 114 Å². The number of aryl methyl sites for hydroxylation is 2. The van der Waals surface area contributed by atoms with E-state index in [4.69, 9.17) is 0 Å². The minimum atomic E-state index is 0.480. The van der Waals surface area contributed by atoms with Crippen LogP contribution in [0.1, 0.15) is 35.4 Å². The molecule has 2 heteroatoms. The van der Waals surface area contributed by atoms with Crippen molar-refractivity contribution in [3.63, 3.8) is 0 Å². The maximum atomic E-state index is 3.37. The van der Waals surface area contributed by atoms with Crippen molar-refractivity contribution in [2.24, 2.45) is 0 Å². The van der Waals surface area contributed by atoms with Gasteiger partial charge in [0, 0.05) is 15.8 Å². The summed E-state index contributed by atoms with van der Waals surface area (Å²) in [5.74, 6) is 0. The summed E-state index contributed by atoms with van der Waals surface area (Å²) >= 11 is 1.90. The molecule has 1 aromatic carbocycles. The predicted molar refractivity (Wildman–Crippen MR) is 81.3 cm³/mol. The molecule has 1 N–H and O–H groups in total. The molecule has 2 aromatic rings. The van der Waals surface area contributed by atoms with Crippen molar-refractivity contribution in [1.29, 1.82) is 0 Å². The molecule has 2 rings (SSSR count). The molecule has 1 nitrogen and oxygen atoms in total. The highest BCUT2D eigenvalue weighted by molar-refractivity contribution is 7.15. The normalized spacial score (nSPS) is 12.7. The van der Waals surface area contributed by atoms with Gasteiger partial charge in [0.25, 0.3) is 0 Å². The van der Waals surface area contributed by atoms with Gasteiger partial charge in [0.05, 0.1) is 0 Å². The lowest BCUT2D eigenvalue weighted by Gasteiger charge is -2.11. The molecule has 0 aliphatic heterocycles. The van der Waals surface area contributed by atoms with Gasteiger partial charge in [0.15, 0.2) is 0 Å². The Bertz CT molecular complexity index is 524. The van der Waals surface area contributed by atoms with Crippen molar-refractivity contribution in [2.75, 3.05) is 7.05 Å². The van der Waals surface area contributed by atoms with Crippen LogP contribution in [0.5, 0.6) is 0 Å². The smallest absolute Gasteiger partial charge is 0.0409 e. The molecule has 0 saturated carbocycles. The molecule has 1 atom stereocenters. The Hall–Kier alpha value is -1.12. The van der Waals surface area contributed by atoms with Crippen LogP contribution in [-0.4, -0.2) is 7.05 Å². The summed E-state index contributed by atoms with van der Waals surface area (Å²) in [6.45, 7) is 6.56. The maximum absolute atomic E-state index is 3.37. The number of nitrogens with one attached hydrogen (secondary N) is 1. The minimum Gasteiger partial charge on any atom is -0.312 e. The molecule has 0 bridgehead atoms. The van der Waals surface area contributed by atoms with Crippen LogP contribution in [0.15, 0.2) is 30.3 Å². The third-order valence-corrected chi connectivity index (χ3v) is 4.62. The van der Waals surface area contributed by atoms with E-state index in [0.29, 0.717) is 6.04 Å². The highest BCUT2D eigenvalue weighted by atomic mass is 32.1. The summed E-state index contributed by atoms with van der Waals surface area (Å²) in [7, 11) is 2.03. The molecule has 18 heavy (non-hydrogen) atoms. The average Bonchev–Trinajstić information content (AvgIpc) is 2.83. The molecule has 1 heterocycles. The number of hydrogen-bond donors (Lipinski definition) is 1. The Morgan fingerprint density at radius 2 is 1.94 bits per heavy atom. The molecule has 0 aliphatic carbocycles. The average molecular weight is 259 g/mol. The second kappa shape index (κ2) is 5.68. The van der Waals surface area contributed by atoms with Crippen molar-refractivity contribution >= 4 is 11.3 Å². The largest absolute Gasteiger partial charge is 0.312 e. The number of thiophene rings is 1. The summed E-state index contributed by atoms with van der Waals surface area (Å²) in [6.07, 6.45) is 1.13. The lowest BCUT2D eigenvalue weighted by Crippen LogP contribution is -2.13. The van der Waals surface area contributed by atoms with E-state index >= 15 is 0 Å². The van der Waals surface area contributed by atoms with E-state index in [1.54, 1.807) is 0 Å². The number of benzene rings is 1. The second-order valence-electron chi connectivity index (χ2n) is 4.77. The van der Waals surface area contributed by atoms with Crippen molar-refractivity contribution in [3.05, 3.63) is 46.3 Å². The first-order valence-electron chi connectivity index (χ1n) is 6.50. The van der Waals surface area contributed by atoms with Crippen LogP contribution < -0.4 is 5.32 Å². The first-order valence-corrected chi connectivity index (χ1v) is 7.32. The fourth-order valence-corrected chi connectivity index (χ4v) is 3.52. The van der Waals surface area contributed by atoms with Crippen LogP contribution in [0, 0.1) is 13.8 Å². The van der Waals surface area contributed by atoms with Gasteiger partial charge in [-0.25, -0.2) is 0 Å². The van der Waals surface area contributed by atoms with Gasteiger partial charge in [-0.05, 0) is 50.6 Å². The van der Waals surface area contributed by atoms with Gasteiger partial charge in [-0.2, -0.15) is 0 Å².